The summed E-state index contributed by atoms with van der Waals surface area (Å²) in [6.07, 6.45) is 3.13. The van der Waals surface area contributed by atoms with Crippen molar-refractivity contribution in [2.75, 3.05) is 0 Å². The average molecular weight is 378 g/mol. The van der Waals surface area contributed by atoms with E-state index < -0.39 is 5.63 Å². The summed E-state index contributed by atoms with van der Waals surface area (Å²) in [6, 6.07) is 11.5. The first-order chi connectivity index (χ1) is 13.4. The second-order valence-corrected chi connectivity index (χ2v) is 6.11. The van der Waals surface area contributed by atoms with Crippen LogP contribution in [-0.4, -0.2) is 20.4 Å². The van der Waals surface area contributed by atoms with Gasteiger partial charge in [-0.25, -0.2) is 4.79 Å². The number of furan rings is 1. The maximum Gasteiger partial charge on any atom is 0.347 e. The van der Waals surface area contributed by atoms with Gasteiger partial charge in [-0.3, -0.25) is 0 Å². The van der Waals surface area contributed by atoms with E-state index in [0.29, 0.717) is 22.5 Å². The normalized spacial score (nSPS) is 11.4. The fraction of sp³-hybridized carbons (Fsp3) is 0. The van der Waals surface area contributed by atoms with Crippen LogP contribution in [0.25, 0.3) is 34.4 Å². The average Bonchev–Trinajstić information content (AvgIpc) is 3.10. The number of hydrogen-bond acceptors (Lipinski definition) is 7. The fourth-order valence-electron chi connectivity index (χ4n) is 2.72. The lowest BCUT2D eigenvalue weighted by Gasteiger charge is -1.99. The van der Waals surface area contributed by atoms with Gasteiger partial charge in [0.05, 0.1) is 0 Å². The first-order valence-corrected chi connectivity index (χ1v) is 8.21. The monoisotopic (exact) mass is 378 g/mol. The zero-order valence-electron chi connectivity index (χ0n) is 14.3. The second kappa shape index (κ2) is 6.55. The van der Waals surface area contributed by atoms with Gasteiger partial charge in [0, 0.05) is 11.6 Å². The van der Waals surface area contributed by atoms with Crippen LogP contribution in [0, 0.1) is 0 Å². The van der Waals surface area contributed by atoms with Gasteiger partial charge in [0.25, 0.3) is 0 Å². The van der Waals surface area contributed by atoms with Gasteiger partial charge < -0.3 is 29.3 Å². The Morgan fingerprint density at radius 3 is 2.14 bits per heavy atom. The third-order valence-electron chi connectivity index (χ3n) is 4.16. The van der Waals surface area contributed by atoms with E-state index >= 15 is 0 Å². The maximum absolute atomic E-state index is 12.3. The predicted octanol–water partition coefficient (Wildman–Crippen LogP) is 4.05. The van der Waals surface area contributed by atoms with E-state index in [0.717, 1.165) is 0 Å². The molecule has 0 aliphatic rings. The van der Waals surface area contributed by atoms with Crippen molar-refractivity contribution < 1.29 is 29.3 Å². The number of phenolic OH excluding ortho intramolecular Hbond substituents is 4. The van der Waals surface area contributed by atoms with Gasteiger partial charge in [-0.15, -0.1) is 0 Å². The molecule has 0 saturated carbocycles. The number of aromatic hydroxyl groups is 4. The Hall–Kier alpha value is -4.13. The molecule has 2 aromatic heterocycles. The van der Waals surface area contributed by atoms with E-state index in [1.807, 2.05) is 0 Å². The molecule has 0 aliphatic carbocycles. The lowest BCUT2D eigenvalue weighted by molar-refractivity contribution is 0.403. The zero-order valence-corrected chi connectivity index (χ0v) is 14.3. The first-order valence-electron chi connectivity index (χ1n) is 8.21. The smallest absolute Gasteiger partial charge is 0.347 e. The van der Waals surface area contributed by atoms with Crippen molar-refractivity contribution in [1.29, 1.82) is 0 Å². The van der Waals surface area contributed by atoms with Crippen molar-refractivity contribution in [3.63, 3.8) is 0 Å². The van der Waals surface area contributed by atoms with Crippen molar-refractivity contribution >= 4 is 23.1 Å². The van der Waals surface area contributed by atoms with Crippen molar-refractivity contribution in [1.82, 2.24) is 0 Å². The van der Waals surface area contributed by atoms with E-state index in [1.165, 1.54) is 42.5 Å². The largest absolute Gasteiger partial charge is 0.504 e. The quantitative estimate of drug-likeness (QED) is 0.397. The Balaban J connectivity index is 1.71. The van der Waals surface area contributed by atoms with E-state index in [-0.39, 0.29) is 34.1 Å². The minimum absolute atomic E-state index is 0.228. The third-order valence-corrected chi connectivity index (χ3v) is 4.16. The molecule has 0 fully saturated rings. The highest BCUT2D eigenvalue weighted by Gasteiger charge is 2.13. The molecular formula is C21H14O7. The van der Waals surface area contributed by atoms with E-state index in [1.54, 1.807) is 18.2 Å². The summed E-state index contributed by atoms with van der Waals surface area (Å²) in [6.45, 7) is 0. The topological polar surface area (TPSA) is 124 Å². The number of fused-ring (bicyclic) bond motifs is 1. The molecule has 4 N–H and O–H groups in total. The Labute approximate surface area is 157 Å². The molecule has 0 atom stereocenters. The summed E-state index contributed by atoms with van der Waals surface area (Å²) >= 11 is 0. The molecule has 4 aromatic rings. The summed E-state index contributed by atoms with van der Waals surface area (Å²) in [5.74, 6) is -0.472. The molecule has 0 amide bonds. The first kappa shape index (κ1) is 17.3. The van der Waals surface area contributed by atoms with Crippen LogP contribution in [0.4, 0.5) is 0 Å². The SMILES string of the molecule is O=c1oc(C=Cc2ccc(O)c(O)c2)cc2oc(-c3ccc(O)c(O)c3)cc12. The van der Waals surface area contributed by atoms with Gasteiger partial charge >= 0.3 is 5.63 Å². The summed E-state index contributed by atoms with van der Waals surface area (Å²) in [5, 5.41) is 38.1. The summed E-state index contributed by atoms with van der Waals surface area (Å²) in [5.41, 5.74) is 0.788. The van der Waals surface area contributed by atoms with Crippen LogP contribution >= 0.6 is 0 Å². The fourth-order valence-corrected chi connectivity index (χ4v) is 2.72. The summed E-state index contributed by atoms with van der Waals surface area (Å²) in [4.78, 5) is 12.3. The highest BCUT2D eigenvalue weighted by atomic mass is 16.4. The van der Waals surface area contributed by atoms with E-state index in [2.05, 4.69) is 0 Å². The molecule has 0 radical (unpaired) electrons. The lowest BCUT2D eigenvalue weighted by Crippen LogP contribution is -1.97. The van der Waals surface area contributed by atoms with Crippen molar-refractivity contribution in [3.05, 3.63) is 70.3 Å². The van der Waals surface area contributed by atoms with Crippen molar-refractivity contribution in [2.45, 2.75) is 0 Å². The van der Waals surface area contributed by atoms with Gasteiger partial charge in [-0.1, -0.05) is 12.1 Å². The molecule has 2 aromatic carbocycles. The molecule has 0 bridgehead atoms. The number of phenols is 4. The standard InChI is InChI=1S/C21H14O7/c22-15-5-2-11(7-17(15)24)1-4-13-9-20-14(21(26)27-13)10-19(28-20)12-3-6-16(23)18(25)8-12/h1-10,22-25H. The van der Waals surface area contributed by atoms with Crippen molar-refractivity contribution in [2.24, 2.45) is 0 Å². The molecule has 7 heteroatoms. The van der Waals surface area contributed by atoms with Crippen LogP contribution in [0.5, 0.6) is 23.0 Å². The number of benzene rings is 2. The Morgan fingerprint density at radius 2 is 1.43 bits per heavy atom. The molecule has 4 rings (SSSR count). The van der Waals surface area contributed by atoms with Crippen LogP contribution in [0.15, 0.2) is 62.2 Å². The van der Waals surface area contributed by atoms with E-state index in [9.17, 15) is 25.2 Å². The molecule has 28 heavy (non-hydrogen) atoms. The van der Waals surface area contributed by atoms with Crippen LogP contribution in [0.3, 0.4) is 0 Å². The molecule has 0 saturated heterocycles. The minimum Gasteiger partial charge on any atom is -0.504 e. The Morgan fingerprint density at radius 1 is 0.714 bits per heavy atom. The van der Waals surface area contributed by atoms with E-state index in [4.69, 9.17) is 8.83 Å². The molecule has 140 valence electrons. The van der Waals surface area contributed by atoms with Crippen LogP contribution in [-0.2, 0) is 0 Å². The van der Waals surface area contributed by atoms with Crippen molar-refractivity contribution in [3.8, 4) is 34.3 Å². The van der Waals surface area contributed by atoms with Gasteiger partial charge in [0.1, 0.15) is 22.5 Å². The van der Waals surface area contributed by atoms with Crippen LogP contribution < -0.4 is 5.63 Å². The summed E-state index contributed by atoms with van der Waals surface area (Å²) < 4.78 is 11.0. The second-order valence-electron chi connectivity index (χ2n) is 6.11. The van der Waals surface area contributed by atoms with Crippen LogP contribution in [0.1, 0.15) is 11.3 Å². The predicted molar refractivity (Wildman–Crippen MR) is 102 cm³/mol. The van der Waals surface area contributed by atoms with Gasteiger partial charge in [-0.2, -0.15) is 0 Å². The lowest BCUT2D eigenvalue weighted by atomic mass is 10.1. The molecule has 0 aliphatic heterocycles. The Kier molecular flexibility index (Phi) is 4.04. The molecule has 2 heterocycles. The maximum atomic E-state index is 12.3. The number of rotatable bonds is 3. The van der Waals surface area contributed by atoms with Gasteiger partial charge in [-0.05, 0) is 48.0 Å². The zero-order chi connectivity index (χ0) is 19.8. The number of hydrogen-bond donors (Lipinski definition) is 4. The molecule has 0 spiro atoms. The van der Waals surface area contributed by atoms with Gasteiger partial charge in [0.15, 0.2) is 23.0 Å². The highest BCUT2D eigenvalue weighted by Crippen LogP contribution is 2.33. The van der Waals surface area contributed by atoms with Gasteiger partial charge in [0.2, 0.25) is 0 Å². The Bertz CT molecular complexity index is 1280. The molecule has 0 unspecified atom stereocenters. The molecule has 7 nitrogen and oxygen atoms in total. The third kappa shape index (κ3) is 3.16. The highest BCUT2D eigenvalue weighted by molar-refractivity contribution is 5.83. The summed E-state index contributed by atoms with van der Waals surface area (Å²) in [7, 11) is 0. The minimum atomic E-state index is -0.594. The van der Waals surface area contributed by atoms with Crippen LogP contribution in [0.2, 0.25) is 0 Å². The molecular weight excluding hydrogens is 364 g/mol.